The molecule has 0 aliphatic heterocycles. The van der Waals surface area contributed by atoms with Crippen molar-refractivity contribution in [3.05, 3.63) is 101 Å². The minimum atomic E-state index is -3.80. The Bertz CT molecular complexity index is 977. The van der Waals surface area contributed by atoms with E-state index in [9.17, 15) is 8.42 Å². The highest BCUT2D eigenvalue weighted by Crippen LogP contribution is 2.27. The predicted molar refractivity (Wildman–Crippen MR) is 122 cm³/mol. The van der Waals surface area contributed by atoms with Gasteiger partial charge in [-0.05, 0) is 35.4 Å². The van der Waals surface area contributed by atoms with Gasteiger partial charge in [-0.25, -0.2) is 0 Å². The molecule has 3 aromatic rings. The monoisotopic (exact) mass is 447 g/mol. The maximum Gasteiger partial charge on any atom is 0.283 e. The molecule has 144 valence electrons. The number of rotatable bonds is 6. The van der Waals surface area contributed by atoms with Crippen molar-refractivity contribution in [3.8, 4) is 0 Å². The summed E-state index contributed by atoms with van der Waals surface area (Å²) in [6.07, 6.45) is 0. The zero-order chi connectivity index (χ0) is 19.8. The van der Waals surface area contributed by atoms with E-state index in [0.717, 1.165) is 11.1 Å². The van der Waals surface area contributed by atoms with Gasteiger partial charge in [-0.15, -0.1) is 4.40 Å². The number of hydrogen-bond donors (Lipinski definition) is 0. The van der Waals surface area contributed by atoms with Gasteiger partial charge in [0.1, 0.15) is 4.38 Å². The fourth-order valence-electron chi connectivity index (χ4n) is 2.29. The zero-order valence-corrected chi connectivity index (χ0v) is 18.1. The maximum absolute atomic E-state index is 12.7. The van der Waals surface area contributed by atoms with Crippen LogP contribution in [-0.2, 0) is 21.5 Å². The van der Waals surface area contributed by atoms with Gasteiger partial charge < -0.3 is 0 Å². The number of benzene rings is 3. The lowest BCUT2D eigenvalue weighted by Gasteiger charge is -2.07. The second-order valence-electron chi connectivity index (χ2n) is 5.83. The predicted octanol–water partition coefficient (Wildman–Crippen LogP) is 6.25. The minimum Gasteiger partial charge on any atom is -0.199 e. The largest absolute Gasteiger partial charge is 0.283 e. The summed E-state index contributed by atoms with van der Waals surface area (Å²) in [4.78, 5) is 0.134. The first-order chi connectivity index (χ1) is 13.5. The fraction of sp³-hybridized carbons (Fsp3) is 0.0952. The second-order valence-corrected chi connectivity index (χ2v) is 10.1. The molecule has 0 heterocycles. The molecule has 3 nitrogen and oxygen atoms in total. The van der Waals surface area contributed by atoms with E-state index in [0.29, 0.717) is 20.9 Å². The van der Waals surface area contributed by atoms with Crippen molar-refractivity contribution in [1.29, 1.82) is 0 Å². The number of nitrogens with zero attached hydrogens (tertiary/aromatic N) is 1. The standard InChI is InChI=1S/C21H18ClNO2S3/c22-19-11-13-20(14-12-19)28(24,25)23-21(26-15-17-7-3-1-4-8-17)27-16-18-9-5-2-6-10-18/h1-14H,15-16H2. The molecule has 0 atom stereocenters. The molecule has 7 heteroatoms. The average molecular weight is 448 g/mol. The van der Waals surface area contributed by atoms with Crippen LogP contribution in [0.25, 0.3) is 0 Å². The van der Waals surface area contributed by atoms with Gasteiger partial charge in [-0.3, -0.25) is 0 Å². The lowest BCUT2D eigenvalue weighted by Crippen LogP contribution is -2.01. The zero-order valence-electron chi connectivity index (χ0n) is 14.9. The number of thioether (sulfide) groups is 2. The fourth-order valence-corrected chi connectivity index (χ4v) is 5.86. The van der Waals surface area contributed by atoms with Crippen LogP contribution in [-0.4, -0.2) is 12.8 Å². The molecule has 0 aliphatic carbocycles. The number of hydrogen-bond acceptors (Lipinski definition) is 4. The van der Waals surface area contributed by atoms with Crippen molar-refractivity contribution >= 4 is 49.5 Å². The van der Waals surface area contributed by atoms with Crippen molar-refractivity contribution in [2.75, 3.05) is 0 Å². The Morgan fingerprint density at radius 3 is 1.68 bits per heavy atom. The van der Waals surface area contributed by atoms with E-state index in [1.54, 1.807) is 12.1 Å². The maximum atomic E-state index is 12.7. The van der Waals surface area contributed by atoms with E-state index in [1.165, 1.54) is 35.7 Å². The molecule has 28 heavy (non-hydrogen) atoms. The lowest BCUT2D eigenvalue weighted by atomic mass is 10.2. The van der Waals surface area contributed by atoms with Crippen LogP contribution >= 0.6 is 35.1 Å². The van der Waals surface area contributed by atoms with Gasteiger partial charge >= 0.3 is 0 Å². The van der Waals surface area contributed by atoms with Gasteiger partial charge in [-0.1, -0.05) is 95.8 Å². The molecular weight excluding hydrogens is 430 g/mol. The van der Waals surface area contributed by atoms with Gasteiger partial charge in [0.15, 0.2) is 0 Å². The van der Waals surface area contributed by atoms with Crippen LogP contribution in [0.2, 0.25) is 5.02 Å². The Morgan fingerprint density at radius 2 is 1.21 bits per heavy atom. The van der Waals surface area contributed by atoms with Crippen LogP contribution in [0.5, 0.6) is 0 Å². The first kappa shape index (κ1) is 21.0. The van der Waals surface area contributed by atoms with Crippen LogP contribution in [0.15, 0.2) is 94.2 Å². The van der Waals surface area contributed by atoms with Gasteiger partial charge in [0.25, 0.3) is 10.0 Å². The van der Waals surface area contributed by atoms with Crippen LogP contribution in [0.4, 0.5) is 0 Å². The molecule has 0 radical (unpaired) electrons. The summed E-state index contributed by atoms with van der Waals surface area (Å²) < 4.78 is 30.1. The molecule has 0 saturated carbocycles. The molecule has 0 fully saturated rings. The molecule has 3 rings (SSSR count). The Morgan fingerprint density at radius 1 is 0.750 bits per heavy atom. The highest BCUT2D eigenvalue weighted by Gasteiger charge is 2.15. The Kier molecular flexibility index (Phi) is 7.62. The van der Waals surface area contributed by atoms with Gasteiger partial charge in [-0.2, -0.15) is 8.42 Å². The highest BCUT2D eigenvalue weighted by atomic mass is 35.5. The third kappa shape index (κ3) is 6.41. The van der Waals surface area contributed by atoms with Crippen LogP contribution < -0.4 is 0 Å². The molecule has 0 unspecified atom stereocenters. The molecule has 0 bridgehead atoms. The summed E-state index contributed by atoms with van der Waals surface area (Å²) in [6, 6.07) is 25.9. The van der Waals surface area contributed by atoms with E-state index in [2.05, 4.69) is 4.40 Å². The van der Waals surface area contributed by atoms with E-state index < -0.39 is 10.0 Å². The summed E-state index contributed by atoms with van der Waals surface area (Å²) in [5, 5.41) is 0.486. The summed E-state index contributed by atoms with van der Waals surface area (Å²) in [7, 11) is -3.80. The lowest BCUT2D eigenvalue weighted by molar-refractivity contribution is 0.598. The van der Waals surface area contributed by atoms with Gasteiger partial charge in [0, 0.05) is 16.5 Å². The summed E-state index contributed by atoms with van der Waals surface area (Å²) in [5.74, 6) is 1.30. The topological polar surface area (TPSA) is 46.5 Å². The van der Waals surface area contributed by atoms with Crippen LogP contribution in [0, 0.1) is 0 Å². The first-order valence-corrected chi connectivity index (χ1v) is 12.3. The molecular formula is C21H18ClNO2S3. The van der Waals surface area contributed by atoms with Crippen molar-refractivity contribution in [1.82, 2.24) is 0 Å². The Hall–Kier alpha value is -1.73. The quantitative estimate of drug-likeness (QED) is 0.331. The van der Waals surface area contributed by atoms with Crippen molar-refractivity contribution in [2.45, 2.75) is 16.4 Å². The van der Waals surface area contributed by atoms with E-state index in [1.807, 2.05) is 60.7 Å². The second kappa shape index (κ2) is 10.2. The molecule has 0 aromatic heterocycles. The normalized spacial score (nSPS) is 11.2. The smallest absolute Gasteiger partial charge is 0.199 e. The molecule has 3 aromatic carbocycles. The summed E-state index contributed by atoms with van der Waals surface area (Å²) in [5.41, 5.74) is 2.23. The summed E-state index contributed by atoms with van der Waals surface area (Å²) in [6.45, 7) is 0. The van der Waals surface area contributed by atoms with E-state index >= 15 is 0 Å². The van der Waals surface area contributed by atoms with E-state index in [-0.39, 0.29) is 4.90 Å². The van der Waals surface area contributed by atoms with Crippen molar-refractivity contribution < 1.29 is 8.42 Å². The highest BCUT2D eigenvalue weighted by molar-refractivity contribution is 8.38. The Labute approximate surface area is 179 Å². The number of halogens is 1. The molecule has 0 N–H and O–H groups in total. The number of sulfonamides is 1. The first-order valence-electron chi connectivity index (χ1n) is 8.47. The third-order valence-corrected chi connectivity index (χ3v) is 7.83. The van der Waals surface area contributed by atoms with Crippen molar-refractivity contribution in [2.24, 2.45) is 4.40 Å². The Balaban J connectivity index is 1.81. The SMILES string of the molecule is O=S(=O)(N=C(SCc1ccccc1)SCc1ccccc1)c1ccc(Cl)cc1. The van der Waals surface area contributed by atoms with Gasteiger partial charge in [0.05, 0.1) is 4.90 Å². The molecule has 0 spiro atoms. The molecule has 0 saturated heterocycles. The van der Waals surface area contributed by atoms with Crippen molar-refractivity contribution in [3.63, 3.8) is 0 Å². The van der Waals surface area contributed by atoms with E-state index in [4.69, 9.17) is 11.6 Å². The van der Waals surface area contributed by atoms with Crippen LogP contribution in [0.1, 0.15) is 11.1 Å². The van der Waals surface area contributed by atoms with Gasteiger partial charge in [0.2, 0.25) is 0 Å². The van der Waals surface area contributed by atoms with Crippen LogP contribution in [0.3, 0.4) is 0 Å². The molecule has 0 aliphatic rings. The minimum absolute atomic E-state index is 0.134. The third-order valence-electron chi connectivity index (χ3n) is 3.72. The summed E-state index contributed by atoms with van der Waals surface area (Å²) >= 11 is 8.72. The molecule has 0 amide bonds. The average Bonchev–Trinajstić information content (AvgIpc) is 2.72.